The maximum absolute atomic E-state index is 14.6. The Kier molecular flexibility index (Phi) is 6.78. The lowest BCUT2D eigenvalue weighted by atomic mass is 10.1. The Morgan fingerprint density at radius 2 is 1.91 bits per heavy atom. The molecular weight excluding hydrogens is 465 g/mol. The molecule has 1 aliphatic heterocycles. The first-order valence-electron chi connectivity index (χ1n) is 10.5. The lowest BCUT2D eigenvalue weighted by Crippen LogP contribution is -2.23. The second kappa shape index (κ2) is 9.58. The molecule has 174 valence electrons. The molecule has 2 heterocycles. The topological polar surface area (TPSA) is 90.8 Å². The smallest absolute Gasteiger partial charge is 0.407 e. The number of carbonyl (C=O) groups is 1. The van der Waals surface area contributed by atoms with Crippen LogP contribution in [0.2, 0.25) is 0 Å². The predicted octanol–water partition coefficient (Wildman–Crippen LogP) is 4.49. The van der Waals surface area contributed by atoms with Gasteiger partial charge < -0.3 is 10.0 Å². The number of aromatic nitrogens is 1. The third-order valence-corrected chi connectivity index (χ3v) is 8.83. The highest BCUT2D eigenvalue weighted by Crippen LogP contribution is 2.37. The van der Waals surface area contributed by atoms with E-state index in [-0.39, 0.29) is 31.9 Å². The molecule has 7 nitrogen and oxygen atoms in total. The van der Waals surface area contributed by atoms with Gasteiger partial charge in [0.05, 0.1) is 11.4 Å². The maximum Gasteiger partial charge on any atom is 0.407 e. The van der Waals surface area contributed by atoms with Gasteiger partial charge in [-0.25, -0.2) is 22.6 Å². The normalized spacial score (nSPS) is 14.5. The molecule has 1 fully saturated rings. The van der Waals surface area contributed by atoms with E-state index in [9.17, 15) is 22.7 Å². The van der Waals surface area contributed by atoms with E-state index < -0.39 is 21.7 Å². The fraction of sp³-hybridized carbons (Fsp3) is 0.304. The largest absolute Gasteiger partial charge is 0.465 e. The molecular formula is C23H24FN3O4S2. The van der Waals surface area contributed by atoms with Gasteiger partial charge in [-0.2, -0.15) is 0 Å². The summed E-state index contributed by atoms with van der Waals surface area (Å²) in [6.07, 6.45) is 1.10. The minimum Gasteiger partial charge on any atom is -0.465 e. The van der Waals surface area contributed by atoms with Crippen LogP contribution in [0, 0.1) is 5.82 Å². The number of nitrogens with zero attached hydrogens (tertiary/aromatic N) is 3. The molecule has 0 bridgehead atoms. The van der Waals surface area contributed by atoms with Crippen molar-refractivity contribution in [3.05, 3.63) is 64.9 Å². The van der Waals surface area contributed by atoms with Crippen molar-refractivity contribution in [2.45, 2.75) is 35.0 Å². The van der Waals surface area contributed by atoms with Crippen LogP contribution in [0.25, 0.3) is 11.3 Å². The molecule has 0 atom stereocenters. The maximum atomic E-state index is 14.6. The number of likely N-dealkylation sites (tertiary alicyclic amines) is 1. The molecule has 0 unspecified atom stereocenters. The summed E-state index contributed by atoms with van der Waals surface area (Å²) >= 11 is 0.868. The van der Waals surface area contributed by atoms with E-state index in [0.717, 1.165) is 47.7 Å². The molecule has 2 aromatic carbocycles. The molecule has 10 heteroatoms. The van der Waals surface area contributed by atoms with Crippen LogP contribution in [0.5, 0.6) is 0 Å². The average Bonchev–Trinajstić information content (AvgIpc) is 3.44. The van der Waals surface area contributed by atoms with Crippen LogP contribution in [-0.4, -0.2) is 54.5 Å². The lowest BCUT2D eigenvalue weighted by Gasteiger charge is -2.15. The van der Waals surface area contributed by atoms with Gasteiger partial charge in [-0.3, -0.25) is 4.90 Å². The Morgan fingerprint density at radius 3 is 2.61 bits per heavy atom. The number of amides is 1. The van der Waals surface area contributed by atoms with Gasteiger partial charge in [0.25, 0.3) is 0 Å². The molecule has 0 radical (unpaired) electrons. The van der Waals surface area contributed by atoms with E-state index >= 15 is 0 Å². The minimum absolute atomic E-state index is 0.00293. The Bertz CT molecular complexity index is 1270. The Balaban J connectivity index is 1.77. The van der Waals surface area contributed by atoms with Crippen LogP contribution in [0.3, 0.4) is 0 Å². The number of sulfone groups is 1. The molecule has 1 aliphatic rings. The molecule has 4 rings (SSSR count). The number of benzene rings is 2. The monoisotopic (exact) mass is 489 g/mol. The van der Waals surface area contributed by atoms with Gasteiger partial charge in [0.2, 0.25) is 9.84 Å². The lowest BCUT2D eigenvalue weighted by molar-refractivity contribution is 0.153. The second-order valence-corrected chi connectivity index (χ2v) is 11.2. The zero-order valence-electron chi connectivity index (χ0n) is 18.1. The first kappa shape index (κ1) is 23.3. The second-order valence-electron chi connectivity index (χ2n) is 8.00. The van der Waals surface area contributed by atoms with Crippen molar-refractivity contribution in [1.82, 2.24) is 14.8 Å². The van der Waals surface area contributed by atoms with Gasteiger partial charge in [-0.05, 0) is 55.8 Å². The summed E-state index contributed by atoms with van der Waals surface area (Å²) in [7, 11) is -2.66. The van der Waals surface area contributed by atoms with Gasteiger partial charge in [-0.15, -0.1) is 11.3 Å². The van der Waals surface area contributed by atoms with Crippen molar-refractivity contribution >= 4 is 27.3 Å². The predicted molar refractivity (Wildman–Crippen MR) is 123 cm³/mol. The summed E-state index contributed by atoms with van der Waals surface area (Å²) < 4.78 is 41.8. The van der Waals surface area contributed by atoms with Crippen molar-refractivity contribution < 1.29 is 22.7 Å². The van der Waals surface area contributed by atoms with Gasteiger partial charge in [0.15, 0.2) is 4.21 Å². The first-order valence-corrected chi connectivity index (χ1v) is 12.8. The fourth-order valence-corrected chi connectivity index (χ4v) is 6.88. The van der Waals surface area contributed by atoms with E-state index in [4.69, 9.17) is 0 Å². The third-order valence-electron chi connectivity index (χ3n) is 5.53. The van der Waals surface area contributed by atoms with Gasteiger partial charge >= 0.3 is 6.09 Å². The van der Waals surface area contributed by atoms with E-state index in [0.29, 0.717) is 6.54 Å². The van der Waals surface area contributed by atoms with E-state index in [1.165, 1.54) is 31.3 Å². The quantitative estimate of drug-likeness (QED) is 0.526. The number of hydrogen-bond acceptors (Lipinski definition) is 6. The molecule has 0 spiro atoms. The molecule has 1 N–H and O–H groups in total. The molecule has 3 aromatic rings. The zero-order chi connectivity index (χ0) is 23.6. The molecule has 1 aromatic heterocycles. The molecule has 1 saturated heterocycles. The summed E-state index contributed by atoms with van der Waals surface area (Å²) in [6.45, 7) is 2.54. The highest BCUT2D eigenvalue weighted by Gasteiger charge is 2.29. The molecule has 33 heavy (non-hydrogen) atoms. The van der Waals surface area contributed by atoms with Crippen LogP contribution in [-0.2, 0) is 22.9 Å². The summed E-state index contributed by atoms with van der Waals surface area (Å²) in [5.74, 6) is -0.597. The summed E-state index contributed by atoms with van der Waals surface area (Å²) in [6, 6.07) is 12.6. The number of halogens is 1. The van der Waals surface area contributed by atoms with Crippen LogP contribution < -0.4 is 0 Å². The van der Waals surface area contributed by atoms with Crippen molar-refractivity contribution in [3.63, 3.8) is 0 Å². The number of carboxylic acid groups (broad SMARTS) is 1. The Morgan fingerprint density at radius 1 is 1.18 bits per heavy atom. The minimum atomic E-state index is -4.02. The van der Waals surface area contributed by atoms with Gasteiger partial charge in [0.1, 0.15) is 16.5 Å². The molecule has 0 aliphatic carbocycles. The molecule has 0 saturated carbocycles. The summed E-state index contributed by atoms with van der Waals surface area (Å²) in [5, 5.41) is 9.46. The van der Waals surface area contributed by atoms with Crippen molar-refractivity contribution in [3.8, 4) is 11.3 Å². The zero-order valence-corrected chi connectivity index (χ0v) is 19.7. The van der Waals surface area contributed by atoms with Gasteiger partial charge in [-0.1, -0.05) is 24.3 Å². The van der Waals surface area contributed by atoms with Crippen LogP contribution in [0.15, 0.2) is 57.6 Å². The van der Waals surface area contributed by atoms with E-state index in [2.05, 4.69) is 9.88 Å². The number of thiazole rings is 1. The SMILES string of the molecule is CN(Cc1nc(-c2ccccc2F)c(S(=O)(=O)c2cccc(CN3CCCC3)c2)s1)C(=O)O. The Hall–Kier alpha value is -2.82. The summed E-state index contributed by atoms with van der Waals surface area (Å²) in [4.78, 5) is 19.0. The van der Waals surface area contributed by atoms with E-state index in [1.807, 2.05) is 6.07 Å². The number of hydrogen-bond donors (Lipinski definition) is 1. The van der Waals surface area contributed by atoms with Crippen LogP contribution >= 0.6 is 11.3 Å². The van der Waals surface area contributed by atoms with Crippen molar-refractivity contribution in [2.75, 3.05) is 20.1 Å². The Labute approximate surface area is 196 Å². The fourth-order valence-electron chi connectivity index (χ4n) is 3.81. The molecule has 1 amide bonds. The number of rotatable bonds is 7. The standard InChI is InChI=1S/C23H24FN3O4S2/c1-26(23(28)29)15-20-25-21(18-9-2-3-10-19(18)24)22(32-20)33(30,31)17-8-6-7-16(13-17)14-27-11-4-5-12-27/h2-3,6-10,13H,4-5,11-12,14-15H2,1H3,(H,28,29). The van der Waals surface area contributed by atoms with Crippen LogP contribution in [0.4, 0.5) is 9.18 Å². The van der Waals surface area contributed by atoms with Crippen LogP contribution in [0.1, 0.15) is 23.4 Å². The van der Waals surface area contributed by atoms with E-state index in [1.54, 1.807) is 18.2 Å². The highest BCUT2D eigenvalue weighted by molar-refractivity contribution is 7.93. The average molecular weight is 490 g/mol. The first-order chi connectivity index (χ1) is 15.8. The van der Waals surface area contributed by atoms with Crippen molar-refractivity contribution in [2.24, 2.45) is 0 Å². The highest BCUT2D eigenvalue weighted by atomic mass is 32.2. The van der Waals surface area contributed by atoms with Gasteiger partial charge in [0, 0.05) is 19.2 Å². The third kappa shape index (κ3) is 5.07. The summed E-state index contributed by atoms with van der Waals surface area (Å²) in [5.41, 5.74) is 0.947. The van der Waals surface area contributed by atoms with Crippen molar-refractivity contribution in [1.29, 1.82) is 0 Å².